The van der Waals surface area contributed by atoms with E-state index in [1.807, 2.05) is 56.3 Å². The highest BCUT2D eigenvalue weighted by molar-refractivity contribution is 8.00. The molecule has 0 aliphatic carbocycles. The number of aryl methyl sites for hydroxylation is 2. The average Bonchev–Trinajstić information content (AvgIpc) is 3.12. The summed E-state index contributed by atoms with van der Waals surface area (Å²) in [7, 11) is 0. The molecule has 4 aromatic rings. The molecule has 1 saturated heterocycles. The summed E-state index contributed by atoms with van der Waals surface area (Å²) >= 11 is 7.95. The third kappa shape index (κ3) is 4.54. The lowest BCUT2D eigenvalue weighted by Crippen LogP contribution is -2.44. The molecule has 0 saturated carbocycles. The molecular formula is C24H22ClN5O2S. The lowest BCUT2D eigenvalue weighted by Gasteiger charge is -2.25. The summed E-state index contributed by atoms with van der Waals surface area (Å²) in [6.45, 7) is 4.31. The van der Waals surface area contributed by atoms with E-state index in [1.54, 1.807) is 11.8 Å². The van der Waals surface area contributed by atoms with E-state index < -0.39 is 0 Å². The molecule has 9 heteroatoms. The van der Waals surface area contributed by atoms with Crippen molar-refractivity contribution in [3.05, 3.63) is 70.3 Å². The van der Waals surface area contributed by atoms with E-state index >= 15 is 0 Å². The van der Waals surface area contributed by atoms with Crippen molar-refractivity contribution < 1.29 is 9.32 Å². The highest BCUT2D eigenvalue weighted by atomic mass is 35.5. The summed E-state index contributed by atoms with van der Waals surface area (Å²) in [5, 5.41) is 11.9. The highest BCUT2D eigenvalue weighted by Crippen LogP contribution is 2.31. The van der Waals surface area contributed by atoms with Gasteiger partial charge in [-0.05, 0) is 49.2 Å². The minimum Gasteiger partial charge on any atom is -0.365 e. The lowest BCUT2D eigenvalue weighted by molar-refractivity contribution is 0.0932. The van der Waals surface area contributed by atoms with Gasteiger partial charge in [-0.3, -0.25) is 4.79 Å². The quantitative estimate of drug-likeness (QED) is 0.401. The van der Waals surface area contributed by atoms with Crippen molar-refractivity contribution in [1.82, 2.24) is 20.4 Å². The third-order valence-electron chi connectivity index (χ3n) is 5.54. The minimum absolute atomic E-state index is 0.151. The Bertz CT molecular complexity index is 1330. The van der Waals surface area contributed by atoms with Gasteiger partial charge in [-0.25, -0.2) is 9.97 Å². The van der Waals surface area contributed by atoms with E-state index in [-0.39, 0.29) is 17.8 Å². The number of hydrogen-bond acceptors (Lipinski definition) is 7. The van der Waals surface area contributed by atoms with Gasteiger partial charge in [0.2, 0.25) is 5.82 Å². The van der Waals surface area contributed by atoms with Crippen molar-refractivity contribution in [3.63, 3.8) is 0 Å². The van der Waals surface area contributed by atoms with Crippen molar-refractivity contribution in [3.8, 4) is 11.1 Å². The van der Waals surface area contributed by atoms with Gasteiger partial charge in [0, 0.05) is 40.1 Å². The number of halogens is 1. The van der Waals surface area contributed by atoms with Gasteiger partial charge >= 0.3 is 0 Å². The van der Waals surface area contributed by atoms with Gasteiger partial charge in [0.05, 0.1) is 11.2 Å². The number of thioether (sulfide) groups is 1. The lowest BCUT2D eigenvalue weighted by atomic mass is 10.0. The Morgan fingerprint density at radius 2 is 2.03 bits per heavy atom. The fourth-order valence-electron chi connectivity index (χ4n) is 3.82. The van der Waals surface area contributed by atoms with E-state index in [1.165, 1.54) is 0 Å². The molecule has 0 unspecified atom stereocenters. The summed E-state index contributed by atoms with van der Waals surface area (Å²) in [6.07, 6.45) is 0. The van der Waals surface area contributed by atoms with E-state index in [0.717, 1.165) is 45.0 Å². The monoisotopic (exact) mass is 479 g/mol. The second-order valence-corrected chi connectivity index (χ2v) is 9.53. The van der Waals surface area contributed by atoms with Crippen LogP contribution in [0.1, 0.15) is 27.6 Å². The van der Waals surface area contributed by atoms with Gasteiger partial charge in [0.15, 0.2) is 0 Å². The number of carbonyl (C=O) groups is 1. The molecule has 168 valence electrons. The SMILES string of the molecule is Cc1noc(C)c1-c1ccc2nc(C(=O)NC3CSC3)nc(NCc3cccc(Cl)c3)c2c1. The average molecular weight is 480 g/mol. The number of carbonyl (C=O) groups excluding carboxylic acids is 1. The highest BCUT2D eigenvalue weighted by Gasteiger charge is 2.23. The first-order valence-corrected chi connectivity index (χ1v) is 12.1. The number of rotatable bonds is 6. The zero-order valence-electron chi connectivity index (χ0n) is 18.2. The van der Waals surface area contributed by atoms with E-state index in [0.29, 0.717) is 22.9 Å². The molecule has 5 rings (SSSR count). The Morgan fingerprint density at radius 3 is 2.73 bits per heavy atom. The standard InChI is InChI=1S/C24H22ClN5O2S/c1-13-21(14(2)32-30-13)16-6-7-20-19(9-16)22(26-10-15-4-3-5-17(25)8-15)29-23(28-20)24(31)27-18-11-33-12-18/h3-9,18H,10-12H2,1-2H3,(H,27,31)(H,26,28,29). The molecule has 2 aromatic heterocycles. The molecule has 2 aromatic carbocycles. The van der Waals surface area contributed by atoms with Crippen molar-refractivity contribution in [1.29, 1.82) is 0 Å². The second kappa shape index (κ2) is 9.03. The summed E-state index contributed by atoms with van der Waals surface area (Å²) < 4.78 is 5.35. The van der Waals surface area contributed by atoms with Crippen molar-refractivity contribution in [2.75, 3.05) is 16.8 Å². The van der Waals surface area contributed by atoms with Gasteiger partial charge in [0.25, 0.3) is 5.91 Å². The van der Waals surface area contributed by atoms with Gasteiger partial charge in [-0.15, -0.1) is 0 Å². The van der Waals surface area contributed by atoms with Crippen LogP contribution < -0.4 is 10.6 Å². The Labute approximate surface area is 200 Å². The molecule has 0 atom stereocenters. The number of hydrogen-bond donors (Lipinski definition) is 2. The maximum absolute atomic E-state index is 12.8. The van der Waals surface area contributed by atoms with Gasteiger partial charge in [0.1, 0.15) is 11.6 Å². The van der Waals surface area contributed by atoms with Gasteiger partial charge in [-0.2, -0.15) is 11.8 Å². The minimum atomic E-state index is -0.261. The number of benzene rings is 2. The van der Waals surface area contributed by atoms with Crippen LogP contribution in [0, 0.1) is 13.8 Å². The predicted octanol–water partition coefficient (Wildman–Crippen LogP) is 5.01. The number of fused-ring (bicyclic) bond motifs is 1. The fraction of sp³-hybridized carbons (Fsp3) is 0.250. The number of anilines is 1. The maximum Gasteiger partial charge on any atom is 0.289 e. The first-order valence-electron chi connectivity index (χ1n) is 10.6. The van der Waals surface area contributed by atoms with Crippen LogP contribution in [0.3, 0.4) is 0 Å². The molecule has 0 radical (unpaired) electrons. The zero-order valence-corrected chi connectivity index (χ0v) is 19.8. The fourth-order valence-corrected chi connectivity index (χ4v) is 4.67. The van der Waals surface area contributed by atoms with Crippen LogP contribution in [0.2, 0.25) is 5.02 Å². The smallest absolute Gasteiger partial charge is 0.289 e. The van der Waals surface area contributed by atoms with E-state index in [4.69, 9.17) is 16.1 Å². The third-order valence-corrected chi connectivity index (χ3v) is 7.05. The first kappa shape index (κ1) is 21.7. The Morgan fingerprint density at radius 1 is 1.18 bits per heavy atom. The molecule has 7 nitrogen and oxygen atoms in total. The number of nitrogens with one attached hydrogen (secondary N) is 2. The Hall–Kier alpha value is -3.10. The summed E-state index contributed by atoms with van der Waals surface area (Å²) in [5.41, 5.74) is 4.41. The largest absolute Gasteiger partial charge is 0.365 e. The van der Waals surface area contributed by atoms with E-state index in [9.17, 15) is 4.79 Å². The molecule has 2 N–H and O–H groups in total. The summed E-state index contributed by atoms with van der Waals surface area (Å²) in [5.74, 6) is 3.05. The molecule has 1 amide bonds. The van der Waals surface area contributed by atoms with Crippen molar-refractivity contribution >= 4 is 46.0 Å². The van der Waals surface area contributed by atoms with Crippen molar-refractivity contribution in [2.24, 2.45) is 0 Å². The molecule has 1 fully saturated rings. The second-order valence-electron chi connectivity index (χ2n) is 8.02. The molecular weight excluding hydrogens is 458 g/mol. The molecule has 0 spiro atoms. The summed E-state index contributed by atoms with van der Waals surface area (Å²) in [6, 6.07) is 13.7. The number of nitrogens with zero attached hydrogens (tertiary/aromatic N) is 3. The number of amides is 1. The zero-order chi connectivity index (χ0) is 22.9. The maximum atomic E-state index is 12.8. The number of aromatic nitrogens is 3. The Kier molecular flexibility index (Phi) is 5.95. The molecule has 33 heavy (non-hydrogen) atoms. The summed E-state index contributed by atoms with van der Waals surface area (Å²) in [4.78, 5) is 22.0. The van der Waals surface area contributed by atoms with Gasteiger partial charge in [-0.1, -0.05) is 35.0 Å². The van der Waals surface area contributed by atoms with E-state index in [2.05, 4.69) is 25.8 Å². The normalized spacial score (nSPS) is 13.7. The predicted molar refractivity (Wildman–Crippen MR) is 132 cm³/mol. The van der Waals surface area contributed by atoms with Crippen LogP contribution in [0.15, 0.2) is 47.0 Å². The van der Waals surface area contributed by atoms with Crippen LogP contribution in [-0.2, 0) is 6.54 Å². The van der Waals surface area contributed by atoms with Crippen LogP contribution >= 0.6 is 23.4 Å². The van der Waals surface area contributed by atoms with Gasteiger partial charge < -0.3 is 15.2 Å². The molecule has 3 heterocycles. The molecule has 0 bridgehead atoms. The molecule has 1 aliphatic rings. The van der Waals surface area contributed by atoms with Crippen LogP contribution in [-0.4, -0.2) is 38.6 Å². The van der Waals surface area contributed by atoms with Crippen LogP contribution in [0.4, 0.5) is 5.82 Å². The topological polar surface area (TPSA) is 92.9 Å². The van der Waals surface area contributed by atoms with Crippen LogP contribution in [0.25, 0.3) is 22.0 Å². The molecule has 1 aliphatic heterocycles. The first-order chi connectivity index (χ1) is 16.0. The van der Waals surface area contributed by atoms with Crippen molar-refractivity contribution in [2.45, 2.75) is 26.4 Å². The Balaban J connectivity index is 1.55. The van der Waals surface area contributed by atoms with Crippen LogP contribution in [0.5, 0.6) is 0 Å².